The number of fused-ring (bicyclic) bond motifs is 1. The molecule has 1 aliphatic heterocycles. The molecule has 0 radical (unpaired) electrons. The zero-order valence-corrected chi connectivity index (χ0v) is 10.5. The molecule has 2 nitrogen and oxygen atoms in total. The largest absolute Gasteiger partial charge is 0.326 e. The Morgan fingerprint density at radius 2 is 1.88 bits per heavy atom. The summed E-state index contributed by atoms with van der Waals surface area (Å²) >= 11 is 0. The van der Waals surface area contributed by atoms with Crippen LogP contribution in [0, 0.1) is 6.92 Å². The number of anilines is 1. The third-order valence-corrected chi connectivity index (χ3v) is 3.17. The summed E-state index contributed by atoms with van der Waals surface area (Å²) in [6.45, 7) is 8.72. The average molecular weight is 217 g/mol. The van der Waals surface area contributed by atoms with Gasteiger partial charge in [-0.2, -0.15) is 0 Å². The first-order chi connectivity index (χ1) is 7.38. The summed E-state index contributed by atoms with van der Waals surface area (Å²) in [5, 5.41) is 2.97. The van der Waals surface area contributed by atoms with E-state index in [1.165, 1.54) is 16.7 Å². The fourth-order valence-electron chi connectivity index (χ4n) is 2.12. The highest BCUT2D eigenvalue weighted by molar-refractivity contribution is 5.94. The van der Waals surface area contributed by atoms with Gasteiger partial charge in [0.2, 0.25) is 5.91 Å². The van der Waals surface area contributed by atoms with Crippen molar-refractivity contribution >= 4 is 11.6 Å². The van der Waals surface area contributed by atoms with Gasteiger partial charge in [-0.15, -0.1) is 0 Å². The van der Waals surface area contributed by atoms with E-state index < -0.39 is 0 Å². The molecule has 1 N–H and O–H groups in total. The van der Waals surface area contributed by atoms with Gasteiger partial charge in [0.05, 0.1) is 0 Å². The van der Waals surface area contributed by atoms with E-state index >= 15 is 0 Å². The van der Waals surface area contributed by atoms with Crippen molar-refractivity contribution in [3.8, 4) is 0 Å². The molecule has 2 rings (SSSR count). The van der Waals surface area contributed by atoms with Crippen LogP contribution in [0.15, 0.2) is 12.1 Å². The van der Waals surface area contributed by atoms with Gasteiger partial charge in [-0.1, -0.05) is 32.9 Å². The quantitative estimate of drug-likeness (QED) is 0.710. The van der Waals surface area contributed by atoms with Crippen molar-refractivity contribution in [2.75, 3.05) is 5.32 Å². The molecule has 0 unspecified atom stereocenters. The van der Waals surface area contributed by atoms with Crippen LogP contribution in [0.3, 0.4) is 0 Å². The lowest BCUT2D eigenvalue weighted by Crippen LogP contribution is -2.21. The minimum atomic E-state index is 0.138. The SMILES string of the molecule is Cc1cc(C(C)(C)C)cc2c1NC(=O)CC2. The van der Waals surface area contributed by atoms with Gasteiger partial charge < -0.3 is 5.32 Å². The van der Waals surface area contributed by atoms with Crippen LogP contribution in [-0.2, 0) is 16.6 Å². The predicted molar refractivity (Wildman–Crippen MR) is 66.8 cm³/mol. The number of carbonyl (C=O) groups excluding carboxylic acids is 1. The maximum Gasteiger partial charge on any atom is 0.224 e. The first-order valence-electron chi connectivity index (χ1n) is 5.82. The summed E-state index contributed by atoms with van der Waals surface area (Å²) in [4.78, 5) is 11.3. The van der Waals surface area contributed by atoms with Crippen LogP contribution in [0.1, 0.15) is 43.9 Å². The number of aryl methyl sites for hydroxylation is 2. The molecule has 0 atom stereocenters. The molecule has 16 heavy (non-hydrogen) atoms. The predicted octanol–water partition coefficient (Wildman–Crippen LogP) is 3.18. The topological polar surface area (TPSA) is 29.1 Å². The molecule has 86 valence electrons. The fraction of sp³-hybridized carbons (Fsp3) is 0.500. The summed E-state index contributed by atoms with van der Waals surface area (Å²) in [5.74, 6) is 0.138. The van der Waals surface area contributed by atoms with Gasteiger partial charge in [-0.25, -0.2) is 0 Å². The van der Waals surface area contributed by atoms with Gasteiger partial charge in [-0.3, -0.25) is 4.79 Å². The van der Waals surface area contributed by atoms with Crippen LogP contribution in [0.2, 0.25) is 0 Å². The van der Waals surface area contributed by atoms with Crippen LogP contribution in [-0.4, -0.2) is 5.91 Å². The lowest BCUT2D eigenvalue weighted by Gasteiger charge is -2.25. The normalized spacial score (nSPS) is 15.6. The molecular formula is C14H19NO. The summed E-state index contributed by atoms with van der Waals surface area (Å²) < 4.78 is 0. The van der Waals surface area contributed by atoms with Crippen molar-refractivity contribution in [3.05, 3.63) is 28.8 Å². The molecule has 1 aliphatic rings. The molecule has 0 fully saturated rings. The number of hydrogen-bond donors (Lipinski definition) is 1. The Balaban J connectivity index is 2.51. The van der Waals surface area contributed by atoms with E-state index in [9.17, 15) is 4.79 Å². The standard InChI is InChI=1S/C14H19NO/c1-9-7-11(14(2,3)4)8-10-5-6-12(16)15-13(9)10/h7-8H,5-6H2,1-4H3,(H,15,16). The van der Waals surface area contributed by atoms with Crippen LogP contribution in [0.25, 0.3) is 0 Å². The van der Waals surface area contributed by atoms with Crippen LogP contribution >= 0.6 is 0 Å². The van der Waals surface area contributed by atoms with Gasteiger partial charge in [0.25, 0.3) is 0 Å². The van der Waals surface area contributed by atoms with Crippen molar-refractivity contribution in [2.24, 2.45) is 0 Å². The second-order valence-electron chi connectivity index (χ2n) is 5.63. The Morgan fingerprint density at radius 3 is 2.50 bits per heavy atom. The second kappa shape index (κ2) is 3.62. The molecule has 1 amide bonds. The van der Waals surface area contributed by atoms with Gasteiger partial charge in [0.1, 0.15) is 0 Å². The van der Waals surface area contributed by atoms with Gasteiger partial charge in [-0.05, 0) is 35.4 Å². The van der Waals surface area contributed by atoms with Crippen molar-refractivity contribution in [1.29, 1.82) is 0 Å². The zero-order valence-electron chi connectivity index (χ0n) is 10.5. The molecule has 0 spiro atoms. The number of benzene rings is 1. The highest BCUT2D eigenvalue weighted by Crippen LogP contribution is 2.32. The summed E-state index contributed by atoms with van der Waals surface area (Å²) in [6.07, 6.45) is 1.48. The molecule has 0 aliphatic carbocycles. The maximum absolute atomic E-state index is 11.3. The Morgan fingerprint density at radius 1 is 1.19 bits per heavy atom. The maximum atomic E-state index is 11.3. The minimum absolute atomic E-state index is 0.138. The van der Waals surface area contributed by atoms with Crippen molar-refractivity contribution in [1.82, 2.24) is 0 Å². The van der Waals surface area contributed by atoms with Crippen LogP contribution < -0.4 is 5.32 Å². The minimum Gasteiger partial charge on any atom is -0.326 e. The Kier molecular flexibility index (Phi) is 2.53. The molecule has 0 bridgehead atoms. The van der Waals surface area contributed by atoms with Crippen molar-refractivity contribution in [3.63, 3.8) is 0 Å². The lowest BCUT2D eigenvalue weighted by molar-refractivity contribution is -0.116. The zero-order chi connectivity index (χ0) is 11.9. The Labute approximate surface area is 97.1 Å². The highest BCUT2D eigenvalue weighted by atomic mass is 16.1. The smallest absolute Gasteiger partial charge is 0.224 e. The third-order valence-electron chi connectivity index (χ3n) is 3.17. The second-order valence-corrected chi connectivity index (χ2v) is 5.63. The van der Waals surface area contributed by atoms with E-state index in [1.54, 1.807) is 0 Å². The summed E-state index contributed by atoms with van der Waals surface area (Å²) in [6, 6.07) is 4.42. The third kappa shape index (κ3) is 1.97. The van der Waals surface area contributed by atoms with Crippen molar-refractivity contribution < 1.29 is 4.79 Å². The van der Waals surface area contributed by atoms with E-state index in [0.717, 1.165) is 12.1 Å². The van der Waals surface area contributed by atoms with Crippen LogP contribution in [0.5, 0.6) is 0 Å². The number of carbonyl (C=O) groups is 1. The molecule has 0 saturated heterocycles. The first kappa shape index (κ1) is 11.2. The van der Waals surface area contributed by atoms with Gasteiger partial charge >= 0.3 is 0 Å². The number of amides is 1. The molecular weight excluding hydrogens is 198 g/mol. The van der Waals surface area contributed by atoms with E-state index in [1.807, 2.05) is 0 Å². The molecule has 1 aromatic carbocycles. The average Bonchev–Trinajstić information content (AvgIpc) is 2.17. The summed E-state index contributed by atoms with van der Waals surface area (Å²) in [7, 11) is 0. The number of nitrogens with one attached hydrogen (secondary N) is 1. The van der Waals surface area contributed by atoms with Crippen LogP contribution in [0.4, 0.5) is 5.69 Å². The summed E-state index contributed by atoms with van der Waals surface area (Å²) in [5.41, 5.74) is 5.01. The van der Waals surface area contributed by atoms with E-state index in [-0.39, 0.29) is 11.3 Å². The lowest BCUT2D eigenvalue weighted by atomic mass is 9.83. The number of rotatable bonds is 0. The Hall–Kier alpha value is -1.31. The highest BCUT2D eigenvalue weighted by Gasteiger charge is 2.21. The van der Waals surface area contributed by atoms with E-state index in [4.69, 9.17) is 0 Å². The molecule has 0 saturated carbocycles. The molecule has 0 aromatic heterocycles. The fourth-order valence-corrected chi connectivity index (χ4v) is 2.12. The number of hydrogen-bond acceptors (Lipinski definition) is 1. The Bertz CT molecular complexity index is 441. The van der Waals surface area contributed by atoms with Gasteiger partial charge in [0, 0.05) is 12.1 Å². The molecule has 2 heteroatoms. The molecule has 1 aromatic rings. The monoisotopic (exact) mass is 217 g/mol. The van der Waals surface area contributed by atoms with E-state index in [0.29, 0.717) is 6.42 Å². The van der Waals surface area contributed by atoms with Gasteiger partial charge in [0.15, 0.2) is 0 Å². The molecule has 1 heterocycles. The first-order valence-corrected chi connectivity index (χ1v) is 5.82. The van der Waals surface area contributed by atoms with E-state index in [2.05, 4.69) is 45.1 Å². The van der Waals surface area contributed by atoms with Crippen molar-refractivity contribution in [2.45, 2.75) is 46.0 Å².